The largest absolute Gasteiger partial charge is 0.507 e. The van der Waals surface area contributed by atoms with Crippen LogP contribution in [-0.2, 0) is 15.3 Å². The van der Waals surface area contributed by atoms with Gasteiger partial charge in [-0.25, -0.2) is 9.35 Å². The van der Waals surface area contributed by atoms with Gasteiger partial charge in [-0.05, 0) is 36.9 Å². The molecule has 0 bridgehead atoms. The number of hydrogen-bond acceptors (Lipinski definition) is 8. The number of carbonyl (C=O) groups is 2. The lowest BCUT2D eigenvalue weighted by atomic mass is 10.0. The van der Waals surface area contributed by atoms with E-state index < -0.39 is 16.8 Å². The van der Waals surface area contributed by atoms with Crippen LogP contribution in [0.25, 0.3) is 10.8 Å². The Balaban J connectivity index is 1.55. The van der Waals surface area contributed by atoms with Crippen LogP contribution in [0.15, 0.2) is 34.7 Å². The van der Waals surface area contributed by atoms with Crippen LogP contribution in [0, 0.1) is 6.92 Å². The molecule has 0 aliphatic heterocycles. The molecule has 0 spiro atoms. The minimum Gasteiger partial charge on any atom is -0.507 e. The van der Waals surface area contributed by atoms with Crippen molar-refractivity contribution in [2.24, 2.45) is 4.36 Å². The molecule has 3 rings (SSSR count). The van der Waals surface area contributed by atoms with E-state index in [1.807, 2.05) is 0 Å². The molecule has 0 saturated carbocycles. The van der Waals surface area contributed by atoms with Gasteiger partial charge in [-0.3, -0.25) is 9.59 Å². The van der Waals surface area contributed by atoms with E-state index >= 15 is 0 Å². The third-order valence-electron chi connectivity index (χ3n) is 6.71. The summed E-state index contributed by atoms with van der Waals surface area (Å²) in [5, 5.41) is 15.2. The molecule has 0 radical (unpaired) electrons. The average Bonchev–Trinajstić information content (AvgIpc) is 3.36. The molecular formula is C30H41N3O5S2. The molecule has 2 N–H and O–H groups in total. The van der Waals surface area contributed by atoms with Crippen molar-refractivity contribution in [1.82, 2.24) is 10.3 Å². The summed E-state index contributed by atoms with van der Waals surface area (Å²) in [7, 11) is 0.912. The Labute approximate surface area is 243 Å². The number of amides is 1. The maximum Gasteiger partial charge on any atom is 0.263 e. The third kappa shape index (κ3) is 9.11. The number of aromatic nitrogens is 1. The van der Waals surface area contributed by atoms with Gasteiger partial charge < -0.3 is 15.3 Å². The smallest absolute Gasteiger partial charge is 0.263 e. The molecule has 0 fully saturated rings. The zero-order chi connectivity index (χ0) is 28.9. The van der Waals surface area contributed by atoms with E-state index in [2.05, 4.69) is 21.6 Å². The van der Waals surface area contributed by atoms with Gasteiger partial charge in [0.05, 0.1) is 22.2 Å². The lowest BCUT2D eigenvalue weighted by Crippen LogP contribution is -2.24. The molecule has 1 atom stereocenters. The number of phenols is 1. The van der Waals surface area contributed by atoms with Crippen LogP contribution >= 0.6 is 11.3 Å². The first-order valence-electron chi connectivity index (χ1n) is 14.0. The van der Waals surface area contributed by atoms with Crippen molar-refractivity contribution in [3.8, 4) is 11.5 Å². The normalized spacial score (nSPS) is 12.1. The highest BCUT2D eigenvalue weighted by Gasteiger charge is 2.23. The number of nitrogens with zero attached hydrogens (tertiary/aromatic N) is 2. The Hall–Kier alpha value is -2.82. The molecule has 3 aromatic rings. The first-order valence-corrected chi connectivity index (χ1v) is 16.4. The fourth-order valence-electron chi connectivity index (χ4n) is 4.35. The molecule has 1 aromatic heterocycles. The number of rotatable bonds is 17. The lowest BCUT2D eigenvalue weighted by molar-refractivity contribution is -0.0811. The van der Waals surface area contributed by atoms with E-state index in [0.717, 1.165) is 29.6 Å². The molecular weight excluding hydrogens is 546 g/mol. The maximum atomic E-state index is 13.3. The number of nitrogens with one attached hydrogen (secondary N) is 1. The van der Waals surface area contributed by atoms with Crippen LogP contribution in [0.4, 0.5) is 0 Å². The van der Waals surface area contributed by atoms with E-state index in [0.29, 0.717) is 28.3 Å². The maximum absolute atomic E-state index is 13.3. The van der Waals surface area contributed by atoms with Crippen molar-refractivity contribution in [2.75, 3.05) is 19.8 Å². The van der Waals surface area contributed by atoms with Crippen molar-refractivity contribution >= 4 is 44.8 Å². The number of ketones is 1. The van der Waals surface area contributed by atoms with Crippen LogP contribution in [0.5, 0.6) is 11.5 Å². The second kappa shape index (κ2) is 16.4. The molecule has 1 unspecified atom stereocenters. The van der Waals surface area contributed by atoms with Crippen molar-refractivity contribution < 1.29 is 23.9 Å². The molecule has 40 heavy (non-hydrogen) atoms. The Morgan fingerprint density at radius 2 is 1.68 bits per heavy atom. The molecule has 1 heterocycles. The molecule has 0 aliphatic rings. The number of aryl methyl sites for hydroxylation is 1. The highest BCUT2D eigenvalue weighted by atomic mass is 32.2. The predicted octanol–water partition coefficient (Wildman–Crippen LogP) is 7.48. The number of carbonyl (C=O) groups excluding carboxylic acids is 2. The number of fused-ring (bicyclic) bond motifs is 1. The standard InChI is InChI=1S/C30H41N3O5S2/c1-5-6-7-8-9-10-11-12-13-14-19-32-29(36)28-21(2)33-30(39-28)27(35)24-18-16-22-15-17-23(20-25(22)26(24)34)37-38-40(4)31-3/h15-18,20,34H,5-14,19H2,1-4H3,(H,32,36). The van der Waals surface area contributed by atoms with Gasteiger partial charge in [0.2, 0.25) is 5.78 Å². The Kier molecular flexibility index (Phi) is 13.0. The third-order valence-corrected chi connectivity index (χ3v) is 8.64. The fourth-order valence-corrected chi connectivity index (χ4v) is 5.53. The fraction of sp³-hybridized carbons (Fsp3) is 0.500. The summed E-state index contributed by atoms with van der Waals surface area (Å²) in [4.78, 5) is 36.1. The van der Waals surface area contributed by atoms with Gasteiger partial charge in [0.1, 0.15) is 10.6 Å². The number of benzene rings is 2. The lowest BCUT2D eigenvalue weighted by Gasteiger charge is -2.09. The van der Waals surface area contributed by atoms with Crippen molar-refractivity contribution in [1.29, 1.82) is 0 Å². The summed E-state index contributed by atoms with van der Waals surface area (Å²) >= 11 is 1.05. The molecule has 2 aromatic carbocycles. The van der Waals surface area contributed by atoms with E-state index in [1.54, 1.807) is 50.6 Å². The molecule has 8 nitrogen and oxygen atoms in total. The molecule has 1 amide bonds. The summed E-state index contributed by atoms with van der Waals surface area (Å²) in [6.07, 6.45) is 14.1. The molecule has 10 heteroatoms. The van der Waals surface area contributed by atoms with Gasteiger partial charge >= 0.3 is 0 Å². The van der Waals surface area contributed by atoms with Gasteiger partial charge in [-0.1, -0.05) is 76.8 Å². The van der Waals surface area contributed by atoms with E-state index in [-0.39, 0.29) is 22.2 Å². The first kappa shape index (κ1) is 31.7. The number of aromatic hydroxyl groups is 1. The van der Waals surface area contributed by atoms with E-state index in [9.17, 15) is 14.7 Å². The molecule has 0 saturated heterocycles. The zero-order valence-electron chi connectivity index (χ0n) is 24.0. The first-order chi connectivity index (χ1) is 19.3. The minimum atomic E-state index is -0.717. The van der Waals surface area contributed by atoms with Gasteiger partial charge in [0.25, 0.3) is 5.91 Å². The summed E-state index contributed by atoms with van der Waals surface area (Å²) in [5.41, 5.74) is 0.605. The van der Waals surface area contributed by atoms with Crippen molar-refractivity contribution in [2.45, 2.75) is 78.1 Å². The highest BCUT2D eigenvalue weighted by molar-refractivity contribution is 7.81. The number of thiazole rings is 1. The SMILES string of the molecule is CCCCCCCCCCCCNC(=O)c1sc(C(=O)c2ccc3ccc(OOS(C)=NC)cc3c2O)nc1C. The second-order valence-corrected chi connectivity index (χ2v) is 12.2. The minimum absolute atomic E-state index is 0.107. The summed E-state index contributed by atoms with van der Waals surface area (Å²) in [5.74, 6) is -0.461. The van der Waals surface area contributed by atoms with Gasteiger partial charge in [-0.15, -0.1) is 15.7 Å². The predicted molar refractivity (Wildman–Crippen MR) is 163 cm³/mol. The average molecular weight is 588 g/mol. The summed E-state index contributed by atoms with van der Waals surface area (Å²) < 4.78 is 9.16. The van der Waals surface area contributed by atoms with Crippen molar-refractivity contribution in [3.63, 3.8) is 0 Å². The van der Waals surface area contributed by atoms with Gasteiger partial charge in [0.15, 0.2) is 10.8 Å². The molecule has 0 aliphatic carbocycles. The molecule has 218 valence electrons. The van der Waals surface area contributed by atoms with Crippen LogP contribution in [0.2, 0.25) is 0 Å². The summed E-state index contributed by atoms with van der Waals surface area (Å²) in [6.45, 7) is 4.55. The summed E-state index contributed by atoms with van der Waals surface area (Å²) in [6, 6.07) is 8.40. The van der Waals surface area contributed by atoms with Crippen LogP contribution < -0.4 is 10.2 Å². The van der Waals surface area contributed by atoms with Crippen LogP contribution in [0.1, 0.15) is 102 Å². The Morgan fingerprint density at radius 3 is 2.35 bits per heavy atom. The quantitative estimate of drug-likeness (QED) is 0.0733. The van der Waals surface area contributed by atoms with Crippen LogP contribution in [0.3, 0.4) is 0 Å². The van der Waals surface area contributed by atoms with Gasteiger partial charge in [-0.2, -0.15) is 0 Å². The van der Waals surface area contributed by atoms with Gasteiger partial charge in [0, 0.05) is 25.2 Å². The Bertz CT molecular complexity index is 1320. The van der Waals surface area contributed by atoms with Crippen LogP contribution in [-0.4, -0.2) is 41.6 Å². The van der Waals surface area contributed by atoms with Crippen molar-refractivity contribution in [3.05, 3.63) is 51.5 Å². The monoisotopic (exact) mass is 587 g/mol. The number of phenolic OH excluding ortho intramolecular Hbond substituents is 1. The van der Waals surface area contributed by atoms with E-state index in [4.69, 9.17) is 9.22 Å². The number of unbranched alkanes of at least 4 members (excludes halogenated alkanes) is 9. The topological polar surface area (TPSA) is 110 Å². The zero-order valence-corrected chi connectivity index (χ0v) is 25.6. The second-order valence-electron chi connectivity index (χ2n) is 9.80. The number of hydrogen-bond donors (Lipinski definition) is 2. The van der Waals surface area contributed by atoms with E-state index in [1.165, 1.54) is 51.4 Å². The highest BCUT2D eigenvalue weighted by Crippen LogP contribution is 2.34. The Morgan fingerprint density at radius 1 is 1.02 bits per heavy atom.